The maximum Gasteiger partial charge on any atom is 0.309 e. The average molecular weight is 236 g/mol. The summed E-state index contributed by atoms with van der Waals surface area (Å²) in [5.74, 6) is 1.80. The molecule has 0 atom stereocenters. The van der Waals surface area contributed by atoms with Gasteiger partial charge in [-0.25, -0.2) is 4.79 Å². The zero-order valence-corrected chi connectivity index (χ0v) is 10.7. The highest BCUT2D eigenvalue weighted by molar-refractivity contribution is 5.75. The molecule has 0 saturated carbocycles. The third-order valence-corrected chi connectivity index (χ3v) is 3.21. The molecule has 0 aromatic heterocycles. The number of ether oxygens (including phenoxy) is 1. The molecule has 0 saturated heterocycles. The Morgan fingerprint density at radius 1 is 1.35 bits per heavy atom. The van der Waals surface area contributed by atoms with E-state index in [-0.39, 0.29) is 5.97 Å². The molecule has 0 bridgehead atoms. The molecular weight excluding hydrogens is 216 g/mol. The number of esters is 1. The van der Waals surface area contributed by atoms with Gasteiger partial charge >= 0.3 is 5.97 Å². The maximum absolute atomic E-state index is 11.3. The van der Waals surface area contributed by atoms with E-state index in [2.05, 4.69) is 11.7 Å². The highest BCUT2D eigenvalue weighted by atomic mass is 16.5. The third-order valence-electron chi connectivity index (χ3n) is 3.21. The molecule has 0 aromatic carbocycles. The first-order chi connectivity index (χ1) is 8.22. The zero-order valence-electron chi connectivity index (χ0n) is 10.7. The van der Waals surface area contributed by atoms with Gasteiger partial charge in [-0.1, -0.05) is 25.3 Å². The molecule has 1 rings (SSSR count). The molecule has 0 aliphatic heterocycles. The summed E-state index contributed by atoms with van der Waals surface area (Å²) in [7, 11) is 1.39. The van der Waals surface area contributed by atoms with Crippen LogP contribution in [0, 0.1) is 0 Å². The van der Waals surface area contributed by atoms with Gasteiger partial charge in [-0.15, -0.1) is 0 Å². The van der Waals surface area contributed by atoms with Crippen LogP contribution in [0.1, 0.15) is 51.9 Å². The number of unbranched alkanes of at least 4 members (excludes halogenated alkanes) is 2. The quantitative estimate of drug-likeness (QED) is 0.404. The summed E-state index contributed by atoms with van der Waals surface area (Å²) in [4.78, 5) is 22.1. The molecule has 1 aliphatic carbocycles. The molecule has 0 heterocycles. The van der Waals surface area contributed by atoms with Crippen molar-refractivity contribution < 1.29 is 14.3 Å². The highest BCUT2D eigenvalue weighted by Crippen LogP contribution is 2.35. The van der Waals surface area contributed by atoms with E-state index in [4.69, 9.17) is 0 Å². The van der Waals surface area contributed by atoms with Gasteiger partial charge in [-0.2, -0.15) is 0 Å². The van der Waals surface area contributed by atoms with Crippen LogP contribution in [0.25, 0.3) is 0 Å². The summed E-state index contributed by atoms with van der Waals surface area (Å²) in [5.41, 5.74) is 2.91. The monoisotopic (exact) mass is 236 g/mol. The summed E-state index contributed by atoms with van der Waals surface area (Å²) in [6.07, 6.45) is 6.13. The van der Waals surface area contributed by atoms with Gasteiger partial charge in [0.1, 0.15) is 5.94 Å². The van der Waals surface area contributed by atoms with Crippen molar-refractivity contribution in [3.8, 4) is 0 Å². The largest absolute Gasteiger partial charge is 0.469 e. The lowest BCUT2D eigenvalue weighted by molar-refractivity contribution is -0.139. The van der Waals surface area contributed by atoms with Gasteiger partial charge in [-0.05, 0) is 31.3 Å². The fourth-order valence-corrected chi connectivity index (χ4v) is 2.22. The van der Waals surface area contributed by atoms with Crippen LogP contribution in [0.3, 0.4) is 0 Å². The lowest BCUT2D eigenvalue weighted by atomic mass is 10.00. The minimum atomic E-state index is -0.222. The molecule has 94 valence electrons. The Balaban J connectivity index is 2.74. The van der Waals surface area contributed by atoms with E-state index in [1.165, 1.54) is 7.11 Å². The topological polar surface area (TPSA) is 43.4 Å². The Hall–Kier alpha value is -1.34. The predicted octanol–water partition coefficient (Wildman–Crippen LogP) is 2.98. The van der Waals surface area contributed by atoms with E-state index in [1.807, 2.05) is 5.94 Å². The van der Waals surface area contributed by atoms with Gasteiger partial charge < -0.3 is 4.74 Å². The third kappa shape index (κ3) is 3.86. The van der Waals surface area contributed by atoms with Crippen molar-refractivity contribution in [2.75, 3.05) is 7.11 Å². The zero-order chi connectivity index (χ0) is 12.7. The first kappa shape index (κ1) is 13.7. The number of carbonyl (C=O) groups is 1. The smallest absolute Gasteiger partial charge is 0.309 e. The predicted molar refractivity (Wildman–Crippen MR) is 66.2 cm³/mol. The van der Waals surface area contributed by atoms with Crippen LogP contribution in [0.15, 0.2) is 16.7 Å². The molecule has 3 heteroatoms. The molecule has 1 aliphatic rings. The summed E-state index contributed by atoms with van der Waals surface area (Å²) in [5, 5.41) is 0. The van der Waals surface area contributed by atoms with Crippen LogP contribution >= 0.6 is 0 Å². The van der Waals surface area contributed by atoms with Gasteiger partial charge in [-0.3, -0.25) is 4.79 Å². The molecular formula is C14H20O3. The minimum Gasteiger partial charge on any atom is -0.469 e. The summed E-state index contributed by atoms with van der Waals surface area (Å²) in [6, 6.07) is 0. The van der Waals surface area contributed by atoms with Crippen molar-refractivity contribution in [3.63, 3.8) is 0 Å². The maximum atomic E-state index is 11.3. The lowest BCUT2D eigenvalue weighted by Crippen LogP contribution is -2.02. The number of methoxy groups -OCH3 is 1. The van der Waals surface area contributed by atoms with E-state index in [0.717, 1.165) is 55.2 Å². The summed E-state index contributed by atoms with van der Waals surface area (Å²) in [6.45, 7) is 2.15. The number of allylic oxidation sites excluding steroid dienone is 2. The second-order valence-electron chi connectivity index (χ2n) is 4.37. The number of hydrogen-bond donors (Lipinski definition) is 0. The lowest BCUT2D eigenvalue weighted by Gasteiger charge is -2.06. The Morgan fingerprint density at radius 3 is 2.71 bits per heavy atom. The molecule has 17 heavy (non-hydrogen) atoms. The SMILES string of the molecule is CCCCCC1=C(CC(=O)OC)CCC1=C=O. The van der Waals surface area contributed by atoms with E-state index >= 15 is 0 Å². The van der Waals surface area contributed by atoms with Crippen molar-refractivity contribution >= 4 is 11.9 Å². The van der Waals surface area contributed by atoms with Crippen LogP contribution in [-0.4, -0.2) is 19.0 Å². The van der Waals surface area contributed by atoms with Crippen LogP contribution in [0.2, 0.25) is 0 Å². The van der Waals surface area contributed by atoms with Crippen LogP contribution in [-0.2, 0) is 14.3 Å². The van der Waals surface area contributed by atoms with Crippen LogP contribution in [0.5, 0.6) is 0 Å². The highest BCUT2D eigenvalue weighted by Gasteiger charge is 2.22. The average Bonchev–Trinajstić information content (AvgIpc) is 2.72. The Labute approximate surface area is 103 Å². The van der Waals surface area contributed by atoms with E-state index < -0.39 is 0 Å². The summed E-state index contributed by atoms with van der Waals surface area (Å²) >= 11 is 0. The molecule has 0 fully saturated rings. The Morgan fingerprint density at radius 2 is 2.12 bits per heavy atom. The molecule has 0 amide bonds. The molecule has 0 radical (unpaired) electrons. The van der Waals surface area contributed by atoms with E-state index in [9.17, 15) is 9.59 Å². The number of rotatable bonds is 6. The fraction of sp³-hybridized carbons (Fsp3) is 0.643. The fourth-order valence-electron chi connectivity index (χ4n) is 2.22. The van der Waals surface area contributed by atoms with Gasteiger partial charge in [0.15, 0.2) is 0 Å². The van der Waals surface area contributed by atoms with E-state index in [1.54, 1.807) is 0 Å². The molecule has 3 nitrogen and oxygen atoms in total. The number of carbonyl (C=O) groups excluding carboxylic acids is 2. The first-order valence-electron chi connectivity index (χ1n) is 6.25. The molecule has 0 unspecified atom stereocenters. The Bertz CT molecular complexity index is 360. The van der Waals surface area contributed by atoms with Crippen molar-refractivity contribution in [3.05, 3.63) is 16.7 Å². The second-order valence-corrected chi connectivity index (χ2v) is 4.37. The standard InChI is InChI=1S/C14H20O3/c1-3-4-5-6-13-11(9-14(16)17-2)7-8-12(13)10-15/h3-9H2,1-2H3. The van der Waals surface area contributed by atoms with Crippen molar-refractivity contribution in [2.45, 2.75) is 51.9 Å². The van der Waals surface area contributed by atoms with Gasteiger partial charge in [0, 0.05) is 5.57 Å². The van der Waals surface area contributed by atoms with E-state index in [0.29, 0.717) is 6.42 Å². The number of hydrogen-bond acceptors (Lipinski definition) is 3. The van der Waals surface area contributed by atoms with Gasteiger partial charge in [0.2, 0.25) is 0 Å². The normalized spacial score (nSPS) is 15.1. The van der Waals surface area contributed by atoms with Crippen molar-refractivity contribution in [2.24, 2.45) is 0 Å². The first-order valence-corrected chi connectivity index (χ1v) is 6.25. The Kier molecular flexibility index (Phi) is 5.71. The minimum absolute atomic E-state index is 0.222. The molecule has 0 aromatic rings. The second kappa shape index (κ2) is 7.08. The van der Waals surface area contributed by atoms with Crippen molar-refractivity contribution in [1.29, 1.82) is 0 Å². The van der Waals surface area contributed by atoms with Gasteiger partial charge in [0.25, 0.3) is 0 Å². The molecule has 0 spiro atoms. The van der Waals surface area contributed by atoms with Gasteiger partial charge in [0.05, 0.1) is 13.5 Å². The van der Waals surface area contributed by atoms with Crippen molar-refractivity contribution in [1.82, 2.24) is 0 Å². The van der Waals surface area contributed by atoms with Crippen LogP contribution < -0.4 is 0 Å². The summed E-state index contributed by atoms with van der Waals surface area (Å²) < 4.78 is 4.67. The van der Waals surface area contributed by atoms with Crippen LogP contribution in [0.4, 0.5) is 0 Å². The molecule has 0 N–H and O–H groups in total.